The van der Waals surface area contributed by atoms with E-state index in [2.05, 4.69) is 11.2 Å². The summed E-state index contributed by atoms with van der Waals surface area (Å²) in [5.74, 6) is 8.39. The topological polar surface area (TPSA) is 75.2 Å². The molecule has 0 atom stereocenters. The summed E-state index contributed by atoms with van der Waals surface area (Å²) < 4.78 is 11.2. The summed E-state index contributed by atoms with van der Waals surface area (Å²) in [7, 11) is 1.65. The van der Waals surface area contributed by atoms with Crippen LogP contribution in [0.5, 0.6) is 17.2 Å². The molecule has 0 fully saturated rings. The third kappa shape index (κ3) is 3.67. The molecule has 0 saturated heterocycles. The van der Waals surface area contributed by atoms with Crippen molar-refractivity contribution in [3.8, 4) is 39.6 Å². The minimum absolute atomic E-state index is 0.618. The second kappa shape index (κ2) is 7.84. The smallest absolute Gasteiger partial charge is 0.181 e. The van der Waals surface area contributed by atoms with Gasteiger partial charge < -0.3 is 15.3 Å². The van der Waals surface area contributed by atoms with E-state index >= 15 is 0 Å². The Labute approximate surface area is 179 Å². The van der Waals surface area contributed by atoms with Crippen LogP contribution >= 0.6 is 0 Å². The van der Waals surface area contributed by atoms with Crippen molar-refractivity contribution in [1.82, 2.24) is 14.9 Å². The number of benzene rings is 3. The lowest BCUT2D eigenvalue weighted by atomic mass is 10.0. The van der Waals surface area contributed by atoms with Crippen LogP contribution in [0.4, 0.5) is 0 Å². The van der Waals surface area contributed by atoms with Gasteiger partial charge in [-0.25, -0.2) is 4.98 Å². The molecule has 0 amide bonds. The molecule has 0 aliphatic rings. The first-order valence-corrected chi connectivity index (χ1v) is 9.83. The number of hydrogen-bond donors (Lipinski definition) is 1. The Balaban J connectivity index is 1.55. The van der Waals surface area contributed by atoms with Crippen LogP contribution < -0.4 is 15.3 Å². The zero-order chi connectivity index (χ0) is 21.2. The maximum Gasteiger partial charge on any atom is 0.181 e. The number of hydrogen-bond acceptors (Lipinski definition) is 5. The quantitative estimate of drug-likeness (QED) is 0.401. The zero-order valence-corrected chi connectivity index (χ0v) is 16.9. The number of aromatic nitrogens is 3. The Morgan fingerprint density at radius 3 is 2.13 bits per heavy atom. The van der Waals surface area contributed by atoms with Crippen LogP contribution in [0.2, 0.25) is 0 Å². The molecule has 31 heavy (non-hydrogen) atoms. The van der Waals surface area contributed by atoms with E-state index in [1.165, 1.54) is 4.79 Å². The molecule has 0 aliphatic carbocycles. The van der Waals surface area contributed by atoms with Crippen molar-refractivity contribution < 1.29 is 9.47 Å². The van der Waals surface area contributed by atoms with Crippen LogP contribution in [0.25, 0.3) is 33.4 Å². The Morgan fingerprint density at radius 2 is 1.42 bits per heavy atom. The molecule has 0 aliphatic heterocycles. The maximum atomic E-state index is 6.03. The first-order valence-electron chi connectivity index (χ1n) is 9.83. The monoisotopic (exact) mass is 408 g/mol. The van der Waals surface area contributed by atoms with Gasteiger partial charge in [0.2, 0.25) is 0 Å². The van der Waals surface area contributed by atoms with Crippen molar-refractivity contribution in [2.45, 2.75) is 0 Å². The van der Waals surface area contributed by atoms with Gasteiger partial charge in [-0.2, -0.15) is 9.89 Å². The van der Waals surface area contributed by atoms with Gasteiger partial charge >= 0.3 is 0 Å². The largest absolute Gasteiger partial charge is 0.497 e. The molecule has 5 aromatic rings. The second-order valence-electron chi connectivity index (χ2n) is 7.05. The molecule has 2 N–H and O–H groups in total. The van der Waals surface area contributed by atoms with E-state index in [4.69, 9.17) is 20.3 Å². The van der Waals surface area contributed by atoms with Gasteiger partial charge in [0.1, 0.15) is 17.2 Å². The normalized spacial score (nSPS) is 10.9. The number of methoxy groups -OCH3 is 1. The van der Waals surface area contributed by atoms with Crippen molar-refractivity contribution >= 4 is 11.0 Å². The summed E-state index contributed by atoms with van der Waals surface area (Å²) in [5.41, 5.74) is 4.42. The van der Waals surface area contributed by atoms with Crippen molar-refractivity contribution in [2.24, 2.45) is 0 Å². The minimum atomic E-state index is 0.618. The molecule has 0 bridgehead atoms. The van der Waals surface area contributed by atoms with E-state index in [9.17, 15) is 0 Å². The first kappa shape index (κ1) is 18.7. The molecule has 0 spiro atoms. The number of fused-ring (bicyclic) bond motifs is 1. The van der Waals surface area contributed by atoms with E-state index < -0.39 is 0 Å². The third-order valence-corrected chi connectivity index (χ3v) is 5.10. The molecule has 2 heterocycles. The van der Waals surface area contributed by atoms with Crippen molar-refractivity contribution in [2.75, 3.05) is 13.0 Å². The average Bonchev–Trinajstić information content (AvgIpc) is 3.20. The predicted octanol–water partition coefficient (Wildman–Crippen LogP) is 5.28. The highest BCUT2D eigenvalue weighted by molar-refractivity contribution is 5.95. The highest BCUT2D eigenvalue weighted by Gasteiger charge is 2.13. The van der Waals surface area contributed by atoms with Gasteiger partial charge in [-0.3, -0.25) is 0 Å². The van der Waals surface area contributed by atoms with E-state index in [-0.39, 0.29) is 0 Å². The Hall–Kier alpha value is -4.32. The van der Waals surface area contributed by atoms with E-state index in [0.717, 1.165) is 45.0 Å². The molecule has 6 heteroatoms. The van der Waals surface area contributed by atoms with Crippen LogP contribution in [-0.4, -0.2) is 22.0 Å². The summed E-state index contributed by atoms with van der Waals surface area (Å²) in [6, 6.07) is 27.5. The molecular weight excluding hydrogens is 388 g/mol. The number of para-hydroxylation sites is 1. The third-order valence-electron chi connectivity index (χ3n) is 5.10. The van der Waals surface area contributed by atoms with Crippen molar-refractivity contribution in [3.63, 3.8) is 0 Å². The standard InChI is InChI=1S/C25H20N4O2/c1-30-19-11-9-18(10-12-19)24-15-22(23-16-27-29(26)25(23)28-24)17-7-13-21(14-8-17)31-20-5-3-2-4-6-20/h2-16H,26H2,1H3. The zero-order valence-electron chi connectivity index (χ0n) is 16.9. The number of nitrogens with zero attached hydrogens (tertiary/aromatic N) is 3. The number of nitrogens with two attached hydrogens (primary N) is 1. The SMILES string of the molecule is COc1ccc(-c2cc(-c3ccc(Oc4ccccc4)cc3)c3cnn(N)c3n2)cc1. The van der Waals surface area contributed by atoms with E-state index in [1.54, 1.807) is 13.3 Å². The molecule has 152 valence electrons. The number of pyridine rings is 1. The summed E-state index contributed by atoms with van der Waals surface area (Å²) in [4.78, 5) is 6.03. The highest BCUT2D eigenvalue weighted by atomic mass is 16.5. The fraction of sp³-hybridized carbons (Fsp3) is 0.0400. The fourth-order valence-electron chi connectivity index (χ4n) is 3.49. The number of nitrogen functional groups attached to an aromatic ring is 1. The molecule has 5 rings (SSSR count). The van der Waals surface area contributed by atoms with Gasteiger partial charge in [-0.1, -0.05) is 30.3 Å². The molecule has 0 saturated carbocycles. The fourth-order valence-corrected chi connectivity index (χ4v) is 3.49. The van der Waals surface area contributed by atoms with Crippen LogP contribution in [0.15, 0.2) is 91.1 Å². The number of rotatable bonds is 5. The summed E-state index contributed by atoms with van der Waals surface area (Å²) in [5, 5.41) is 5.09. The van der Waals surface area contributed by atoms with Gasteiger partial charge in [0.15, 0.2) is 5.65 Å². The minimum Gasteiger partial charge on any atom is -0.497 e. The van der Waals surface area contributed by atoms with Crippen molar-refractivity contribution in [1.29, 1.82) is 0 Å². The van der Waals surface area contributed by atoms with Crippen molar-refractivity contribution in [3.05, 3.63) is 91.1 Å². The Morgan fingerprint density at radius 1 is 0.774 bits per heavy atom. The molecule has 0 unspecified atom stereocenters. The van der Waals surface area contributed by atoms with E-state index in [1.807, 2.05) is 78.9 Å². The molecule has 6 nitrogen and oxygen atoms in total. The van der Waals surface area contributed by atoms with Gasteiger partial charge in [0, 0.05) is 10.9 Å². The summed E-state index contributed by atoms with van der Waals surface area (Å²) in [6.07, 6.45) is 1.74. The first-order chi connectivity index (χ1) is 15.2. The summed E-state index contributed by atoms with van der Waals surface area (Å²) >= 11 is 0. The van der Waals surface area contributed by atoms with Gasteiger partial charge in [0.05, 0.1) is 19.0 Å². The number of ether oxygens (including phenoxy) is 2. The van der Waals surface area contributed by atoms with Crippen LogP contribution in [0, 0.1) is 0 Å². The highest BCUT2D eigenvalue weighted by Crippen LogP contribution is 2.33. The Bertz CT molecular complexity index is 1330. The predicted molar refractivity (Wildman–Crippen MR) is 122 cm³/mol. The summed E-state index contributed by atoms with van der Waals surface area (Å²) in [6.45, 7) is 0. The molecule has 3 aromatic carbocycles. The van der Waals surface area contributed by atoms with E-state index in [0.29, 0.717) is 5.65 Å². The molecule has 0 radical (unpaired) electrons. The second-order valence-corrected chi connectivity index (χ2v) is 7.05. The lowest BCUT2D eigenvalue weighted by molar-refractivity contribution is 0.415. The van der Waals surface area contributed by atoms with Crippen LogP contribution in [0.1, 0.15) is 0 Å². The Kier molecular flexibility index (Phi) is 4.72. The molecule has 2 aromatic heterocycles. The van der Waals surface area contributed by atoms with Gasteiger partial charge in [0.25, 0.3) is 0 Å². The van der Waals surface area contributed by atoms with Crippen LogP contribution in [0.3, 0.4) is 0 Å². The van der Waals surface area contributed by atoms with Gasteiger partial charge in [-0.05, 0) is 65.7 Å². The lowest BCUT2D eigenvalue weighted by Crippen LogP contribution is -2.10. The molecular formula is C25H20N4O2. The lowest BCUT2D eigenvalue weighted by Gasteiger charge is -2.10. The average molecular weight is 408 g/mol. The van der Waals surface area contributed by atoms with Crippen LogP contribution in [-0.2, 0) is 0 Å². The maximum absolute atomic E-state index is 6.03. The van der Waals surface area contributed by atoms with Gasteiger partial charge in [-0.15, -0.1) is 0 Å².